The number of hydrogen-bond acceptors (Lipinski definition) is 3. The second-order valence-electron chi connectivity index (χ2n) is 5.04. The number of aliphatic hydroxyl groups is 1. The van der Waals surface area contributed by atoms with Gasteiger partial charge in [0.2, 0.25) is 0 Å². The Labute approximate surface area is 110 Å². The quantitative estimate of drug-likeness (QED) is 0.807. The first-order valence-electron chi connectivity index (χ1n) is 6.58. The van der Waals surface area contributed by atoms with Crippen LogP contribution in [0.4, 0.5) is 0 Å². The van der Waals surface area contributed by atoms with Crippen LogP contribution in [0.1, 0.15) is 26.3 Å². The van der Waals surface area contributed by atoms with Gasteiger partial charge in [0.1, 0.15) is 5.75 Å². The summed E-state index contributed by atoms with van der Waals surface area (Å²) in [5.41, 5.74) is 1.30. The van der Waals surface area contributed by atoms with Crippen LogP contribution in [0, 0.1) is 0 Å². The Morgan fingerprint density at radius 2 is 1.78 bits per heavy atom. The van der Waals surface area contributed by atoms with E-state index in [9.17, 15) is 5.11 Å². The highest BCUT2D eigenvalue weighted by molar-refractivity contribution is 5.27. The molecular formula is C15H25NO2. The van der Waals surface area contributed by atoms with Crippen molar-refractivity contribution < 1.29 is 9.84 Å². The second-order valence-corrected chi connectivity index (χ2v) is 5.04. The molecule has 3 nitrogen and oxygen atoms in total. The molecule has 0 radical (unpaired) electrons. The maximum atomic E-state index is 9.48. The predicted molar refractivity (Wildman–Crippen MR) is 75.1 cm³/mol. The number of hydrogen-bond donors (Lipinski definition) is 1. The molecule has 0 saturated carbocycles. The predicted octanol–water partition coefficient (Wildman–Crippen LogP) is 2.33. The zero-order chi connectivity index (χ0) is 13.5. The van der Waals surface area contributed by atoms with Crippen molar-refractivity contribution in [3.63, 3.8) is 0 Å². The smallest absolute Gasteiger partial charge is 0.118 e. The fraction of sp³-hybridized carbons (Fsp3) is 0.600. The summed E-state index contributed by atoms with van der Waals surface area (Å²) in [5, 5.41) is 9.48. The molecule has 0 amide bonds. The molecule has 3 heteroatoms. The van der Waals surface area contributed by atoms with Gasteiger partial charge in [0.25, 0.3) is 0 Å². The zero-order valence-corrected chi connectivity index (χ0v) is 11.9. The lowest BCUT2D eigenvalue weighted by atomic mass is 10.1. The molecular weight excluding hydrogens is 226 g/mol. The highest BCUT2D eigenvalue weighted by Crippen LogP contribution is 2.12. The second kappa shape index (κ2) is 7.39. The molecule has 1 aromatic carbocycles. The van der Waals surface area contributed by atoms with Crippen LogP contribution in [0.2, 0.25) is 0 Å². The average molecular weight is 251 g/mol. The van der Waals surface area contributed by atoms with Gasteiger partial charge in [-0.1, -0.05) is 12.1 Å². The van der Waals surface area contributed by atoms with Crippen LogP contribution in [-0.4, -0.2) is 42.4 Å². The number of rotatable bonds is 7. The van der Waals surface area contributed by atoms with Gasteiger partial charge < -0.3 is 9.84 Å². The third-order valence-corrected chi connectivity index (χ3v) is 3.08. The van der Waals surface area contributed by atoms with Crippen LogP contribution in [0.25, 0.3) is 0 Å². The number of ether oxygens (including phenoxy) is 1. The fourth-order valence-electron chi connectivity index (χ4n) is 1.96. The van der Waals surface area contributed by atoms with Crippen molar-refractivity contribution in [1.29, 1.82) is 0 Å². The largest absolute Gasteiger partial charge is 0.497 e. The van der Waals surface area contributed by atoms with E-state index in [4.69, 9.17) is 4.74 Å². The normalized spacial score (nSPS) is 13.1. The molecule has 0 spiro atoms. The van der Waals surface area contributed by atoms with Gasteiger partial charge in [0.15, 0.2) is 0 Å². The number of nitrogens with zero attached hydrogens (tertiary/aromatic N) is 1. The fourth-order valence-corrected chi connectivity index (χ4v) is 1.96. The topological polar surface area (TPSA) is 32.7 Å². The highest BCUT2D eigenvalue weighted by atomic mass is 16.5. The van der Waals surface area contributed by atoms with Gasteiger partial charge >= 0.3 is 0 Å². The Bertz CT molecular complexity index is 333. The lowest BCUT2D eigenvalue weighted by Gasteiger charge is -2.27. The lowest BCUT2D eigenvalue weighted by Crippen LogP contribution is -2.38. The summed E-state index contributed by atoms with van der Waals surface area (Å²) in [6.07, 6.45) is 0.720. The van der Waals surface area contributed by atoms with Gasteiger partial charge in [-0.3, -0.25) is 4.90 Å². The Hall–Kier alpha value is -1.06. The SMILES string of the molecule is COc1ccc(CCN(CC(C)O)C(C)C)cc1. The summed E-state index contributed by atoms with van der Waals surface area (Å²) in [4.78, 5) is 2.30. The van der Waals surface area contributed by atoms with Gasteiger partial charge in [-0.05, 0) is 44.9 Å². The minimum atomic E-state index is -0.275. The van der Waals surface area contributed by atoms with Crippen molar-refractivity contribution in [3.8, 4) is 5.75 Å². The molecule has 0 aliphatic carbocycles. The molecule has 0 heterocycles. The van der Waals surface area contributed by atoms with Gasteiger partial charge in [-0.2, -0.15) is 0 Å². The van der Waals surface area contributed by atoms with Crippen LogP contribution < -0.4 is 4.74 Å². The lowest BCUT2D eigenvalue weighted by molar-refractivity contribution is 0.108. The Balaban J connectivity index is 2.50. The van der Waals surface area contributed by atoms with E-state index in [1.165, 1.54) is 5.56 Å². The van der Waals surface area contributed by atoms with E-state index in [1.807, 2.05) is 19.1 Å². The Morgan fingerprint density at radius 1 is 1.17 bits per heavy atom. The summed E-state index contributed by atoms with van der Waals surface area (Å²) in [6, 6.07) is 8.63. The Kier molecular flexibility index (Phi) is 6.16. The maximum Gasteiger partial charge on any atom is 0.118 e. The minimum Gasteiger partial charge on any atom is -0.497 e. The number of methoxy groups -OCH3 is 1. The monoisotopic (exact) mass is 251 g/mol. The molecule has 0 aliphatic rings. The third-order valence-electron chi connectivity index (χ3n) is 3.08. The molecule has 1 aromatic rings. The summed E-state index contributed by atoms with van der Waals surface area (Å²) >= 11 is 0. The van der Waals surface area contributed by atoms with Crippen molar-refractivity contribution in [2.24, 2.45) is 0 Å². The Morgan fingerprint density at radius 3 is 2.22 bits per heavy atom. The van der Waals surface area contributed by atoms with E-state index in [1.54, 1.807) is 7.11 Å². The van der Waals surface area contributed by atoms with E-state index in [0.717, 1.165) is 25.3 Å². The first-order valence-corrected chi connectivity index (χ1v) is 6.58. The van der Waals surface area contributed by atoms with Crippen molar-refractivity contribution in [3.05, 3.63) is 29.8 Å². The number of aliphatic hydroxyl groups excluding tert-OH is 1. The molecule has 18 heavy (non-hydrogen) atoms. The zero-order valence-electron chi connectivity index (χ0n) is 11.9. The van der Waals surface area contributed by atoms with Gasteiger partial charge in [0, 0.05) is 19.1 Å². The first kappa shape index (κ1) is 15.0. The molecule has 1 rings (SSSR count). The van der Waals surface area contributed by atoms with Crippen LogP contribution in [0.3, 0.4) is 0 Å². The van der Waals surface area contributed by atoms with Crippen molar-refractivity contribution in [1.82, 2.24) is 4.90 Å². The van der Waals surface area contributed by atoms with E-state index in [2.05, 4.69) is 30.9 Å². The van der Waals surface area contributed by atoms with E-state index < -0.39 is 0 Å². The summed E-state index contributed by atoms with van der Waals surface area (Å²) < 4.78 is 5.14. The van der Waals surface area contributed by atoms with Crippen molar-refractivity contribution >= 4 is 0 Å². The standard InChI is InChI=1S/C15H25NO2/c1-12(2)16(11-13(3)17)10-9-14-5-7-15(18-4)8-6-14/h5-8,12-13,17H,9-11H2,1-4H3. The van der Waals surface area contributed by atoms with Crippen LogP contribution in [0.5, 0.6) is 5.75 Å². The van der Waals surface area contributed by atoms with Crippen LogP contribution >= 0.6 is 0 Å². The molecule has 102 valence electrons. The molecule has 0 aliphatic heterocycles. The molecule has 0 saturated heterocycles. The van der Waals surface area contributed by atoms with Gasteiger partial charge in [-0.25, -0.2) is 0 Å². The molecule has 0 aromatic heterocycles. The maximum absolute atomic E-state index is 9.48. The third kappa shape index (κ3) is 5.07. The van der Waals surface area contributed by atoms with Gasteiger partial charge in [0.05, 0.1) is 13.2 Å². The van der Waals surface area contributed by atoms with E-state index in [-0.39, 0.29) is 6.10 Å². The molecule has 1 unspecified atom stereocenters. The summed E-state index contributed by atoms with van der Waals surface area (Å²) in [7, 11) is 1.68. The van der Waals surface area contributed by atoms with Crippen LogP contribution in [0.15, 0.2) is 24.3 Å². The van der Waals surface area contributed by atoms with Gasteiger partial charge in [-0.15, -0.1) is 0 Å². The number of benzene rings is 1. The van der Waals surface area contributed by atoms with Crippen LogP contribution in [-0.2, 0) is 6.42 Å². The average Bonchev–Trinajstić information content (AvgIpc) is 2.34. The van der Waals surface area contributed by atoms with E-state index in [0.29, 0.717) is 6.04 Å². The van der Waals surface area contributed by atoms with E-state index >= 15 is 0 Å². The van der Waals surface area contributed by atoms with Crippen molar-refractivity contribution in [2.75, 3.05) is 20.2 Å². The highest BCUT2D eigenvalue weighted by Gasteiger charge is 2.11. The minimum absolute atomic E-state index is 0.275. The summed E-state index contributed by atoms with van der Waals surface area (Å²) in [5.74, 6) is 0.892. The first-order chi connectivity index (χ1) is 8.52. The molecule has 0 bridgehead atoms. The van der Waals surface area contributed by atoms with Crippen molar-refractivity contribution in [2.45, 2.75) is 39.3 Å². The summed E-state index contributed by atoms with van der Waals surface area (Å²) in [6.45, 7) is 7.86. The molecule has 1 atom stereocenters. The molecule has 0 fully saturated rings. The molecule has 1 N–H and O–H groups in total.